The number of hydrogen-bond donors (Lipinski definition) is 1. The van der Waals surface area contributed by atoms with Gasteiger partial charge in [-0.1, -0.05) is 40.2 Å². The second-order valence-electron chi connectivity index (χ2n) is 2.95. The van der Waals surface area contributed by atoms with Crippen molar-refractivity contribution in [2.24, 2.45) is 0 Å². The van der Waals surface area contributed by atoms with Gasteiger partial charge in [0.05, 0.1) is 5.56 Å². The molecule has 0 spiro atoms. The fourth-order valence-electron chi connectivity index (χ4n) is 1.46. The van der Waals surface area contributed by atoms with Crippen LogP contribution in [0.15, 0.2) is 40.9 Å². The summed E-state index contributed by atoms with van der Waals surface area (Å²) < 4.78 is 0.915. The topological polar surface area (TPSA) is 37.3 Å². The Morgan fingerprint density at radius 1 is 1.07 bits per heavy atom. The van der Waals surface area contributed by atoms with Crippen LogP contribution >= 0.6 is 15.9 Å². The molecule has 2 nitrogen and oxygen atoms in total. The third-order valence-electron chi connectivity index (χ3n) is 2.10. The Hall–Kier alpha value is -0.714. The van der Waals surface area contributed by atoms with Crippen LogP contribution in [0.5, 0.6) is 0 Å². The number of carbonyl (C=O) groups is 1. The maximum atomic E-state index is 10.9. The van der Waals surface area contributed by atoms with Gasteiger partial charge in [-0.05, 0) is 22.9 Å². The van der Waals surface area contributed by atoms with E-state index in [9.17, 15) is 4.79 Å². The van der Waals surface area contributed by atoms with Crippen LogP contribution in [0, 0.1) is 0 Å². The van der Waals surface area contributed by atoms with Gasteiger partial charge in [0.1, 0.15) is 0 Å². The number of carboxylic acids is 1. The number of aromatic carboxylic acids is 1. The fraction of sp³-hybridized carbons (Fsp3) is 0. The molecule has 2 aromatic carbocycles. The number of hydrogen-bond acceptors (Lipinski definition) is 1. The molecule has 0 aromatic heterocycles. The van der Waals surface area contributed by atoms with Crippen molar-refractivity contribution < 1.29 is 9.90 Å². The van der Waals surface area contributed by atoms with Crippen molar-refractivity contribution in [3.05, 3.63) is 46.4 Å². The predicted octanol–water partition coefficient (Wildman–Crippen LogP) is 2.12. The molecular formula is C11H10BrGaO2. The summed E-state index contributed by atoms with van der Waals surface area (Å²) in [6.45, 7) is 0. The first-order valence-corrected chi connectivity index (χ1v) is 4.90. The molecule has 0 aliphatic rings. The summed E-state index contributed by atoms with van der Waals surface area (Å²) in [6.07, 6.45) is 0. The molecule has 0 bridgehead atoms. The second kappa shape index (κ2) is 4.87. The molecule has 0 aliphatic heterocycles. The molecule has 1 N–H and O–H groups in total. The minimum atomic E-state index is -0.895. The quantitative estimate of drug-likeness (QED) is 0.816. The van der Waals surface area contributed by atoms with E-state index in [0.29, 0.717) is 5.56 Å². The van der Waals surface area contributed by atoms with E-state index >= 15 is 0 Å². The Morgan fingerprint density at radius 2 is 1.67 bits per heavy atom. The molecule has 0 amide bonds. The zero-order valence-corrected chi connectivity index (χ0v) is 8.78. The summed E-state index contributed by atoms with van der Waals surface area (Å²) in [6, 6.07) is 10.8. The average molecular weight is 324 g/mol. The predicted molar refractivity (Wildman–Crippen MR) is 68.5 cm³/mol. The van der Waals surface area contributed by atoms with E-state index in [4.69, 9.17) is 5.11 Å². The van der Waals surface area contributed by atoms with Crippen molar-refractivity contribution in [2.45, 2.75) is 0 Å². The van der Waals surface area contributed by atoms with Gasteiger partial charge in [-0.2, -0.15) is 0 Å². The van der Waals surface area contributed by atoms with Crippen LogP contribution in [-0.4, -0.2) is 30.9 Å². The molecule has 2 rings (SSSR count). The molecule has 0 fully saturated rings. The first kappa shape index (κ1) is 12.4. The molecule has 0 radical (unpaired) electrons. The van der Waals surface area contributed by atoms with Gasteiger partial charge in [-0.25, -0.2) is 4.79 Å². The third-order valence-corrected chi connectivity index (χ3v) is 2.79. The number of rotatable bonds is 1. The molecule has 76 valence electrons. The summed E-state index contributed by atoms with van der Waals surface area (Å²) in [7, 11) is 0. The minimum absolute atomic E-state index is 0. The van der Waals surface area contributed by atoms with Crippen LogP contribution in [0.2, 0.25) is 0 Å². The SMILES string of the molecule is O=C(O)c1cccc2c(Br)cccc12.[GaH3]. The number of fused-ring (bicyclic) bond motifs is 1. The zero-order valence-electron chi connectivity index (χ0n) is 7.20. The van der Waals surface area contributed by atoms with Gasteiger partial charge in [0.15, 0.2) is 0 Å². The normalized spacial score (nSPS) is 9.67. The summed E-state index contributed by atoms with van der Waals surface area (Å²) in [5.74, 6) is -0.895. The van der Waals surface area contributed by atoms with Crippen molar-refractivity contribution in [1.29, 1.82) is 0 Å². The molecule has 0 heterocycles. The molecule has 0 saturated heterocycles. The van der Waals surface area contributed by atoms with Crippen LogP contribution in [0.4, 0.5) is 0 Å². The fourth-order valence-corrected chi connectivity index (χ4v) is 1.96. The molecule has 0 aliphatic carbocycles. The van der Waals surface area contributed by atoms with Gasteiger partial charge in [-0.3, -0.25) is 0 Å². The van der Waals surface area contributed by atoms with E-state index < -0.39 is 5.97 Å². The van der Waals surface area contributed by atoms with E-state index in [1.807, 2.05) is 24.3 Å². The Morgan fingerprint density at radius 3 is 2.33 bits per heavy atom. The van der Waals surface area contributed by atoms with Crippen LogP contribution in [0.1, 0.15) is 10.4 Å². The van der Waals surface area contributed by atoms with Crippen molar-refractivity contribution in [2.75, 3.05) is 0 Å². The van der Waals surface area contributed by atoms with Gasteiger partial charge < -0.3 is 5.11 Å². The van der Waals surface area contributed by atoms with Crippen molar-refractivity contribution in [3.63, 3.8) is 0 Å². The van der Waals surface area contributed by atoms with E-state index in [2.05, 4.69) is 15.9 Å². The monoisotopic (exact) mass is 322 g/mol. The molecule has 15 heavy (non-hydrogen) atoms. The van der Waals surface area contributed by atoms with Crippen molar-refractivity contribution >= 4 is 52.5 Å². The van der Waals surface area contributed by atoms with Crippen LogP contribution in [0.3, 0.4) is 0 Å². The average Bonchev–Trinajstić information content (AvgIpc) is 2.17. The van der Waals surface area contributed by atoms with E-state index in [1.165, 1.54) is 0 Å². The Labute approximate surface area is 108 Å². The molecule has 0 saturated carbocycles. The van der Waals surface area contributed by atoms with E-state index in [-0.39, 0.29) is 19.8 Å². The standard InChI is InChI=1S/C11H7BrO2.Ga.3H/c12-10-6-2-3-7-8(10)4-1-5-9(7)11(13)14;;;;/h1-6H,(H,13,14);;;;. The Balaban J connectivity index is 0.00000112. The Kier molecular flexibility index (Phi) is 4.01. The molecule has 0 atom stereocenters. The summed E-state index contributed by atoms with van der Waals surface area (Å²) in [5.41, 5.74) is 0.337. The molecule has 2 aromatic rings. The van der Waals surface area contributed by atoms with Gasteiger partial charge >= 0.3 is 25.8 Å². The second-order valence-corrected chi connectivity index (χ2v) is 3.80. The molecule has 0 unspecified atom stereocenters. The molecule has 4 heteroatoms. The number of benzene rings is 2. The Bertz CT molecular complexity index is 511. The zero-order chi connectivity index (χ0) is 10.1. The third kappa shape index (κ3) is 2.27. The van der Waals surface area contributed by atoms with Gasteiger partial charge in [0, 0.05) is 4.47 Å². The van der Waals surface area contributed by atoms with Crippen LogP contribution in [-0.2, 0) is 0 Å². The van der Waals surface area contributed by atoms with Gasteiger partial charge in [0.25, 0.3) is 0 Å². The van der Waals surface area contributed by atoms with E-state index in [1.54, 1.807) is 12.1 Å². The van der Waals surface area contributed by atoms with E-state index in [0.717, 1.165) is 15.2 Å². The van der Waals surface area contributed by atoms with Crippen LogP contribution < -0.4 is 0 Å². The van der Waals surface area contributed by atoms with Crippen molar-refractivity contribution in [1.82, 2.24) is 0 Å². The van der Waals surface area contributed by atoms with Gasteiger partial charge in [-0.15, -0.1) is 0 Å². The first-order valence-electron chi connectivity index (χ1n) is 4.10. The first-order chi connectivity index (χ1) is 6.70. The maximum absolute atomic E-state index is 10.9. The van der Waals surface area contributed by atoms with Crippen molar-refractivity contribution in [3.8, 4) is 0 Å². The summed E-state index contributed by atoms with van der Waals surface area (Å²) in [5, 5.41) is 10.6. The summed E-state index contributed by atoms with van der Waals surface area (Å²) >= 11 is 3.39. The van der Waals surface area contributed by atoms with Crippen LogP contribution in [0.25, 0.3) is 10.8 Å². The summed E-state index contributed by atoms with van der Waals surface area (Å²) in [4.78, 5) is 10.9. The van der Waals surface area contributed by atoms with Gasteiger partial charge in [0.2, 0.25) is 0 Å². The number of halogens is 1. The molecular weight excluding hydrogens is 314 g/mol. The number of carboxylic acid groups (broad SMARTS) is 1.